The lowest BCUT2D eigenvalue weighted by Crippen LogP contribution is -2.41. The maximum absolute atomic E-state index is 12.8. The zero-order chi connectivity index (χ0) is 21.3. The van der Waals surface area contributed by atoms with Gasteiger partial charge in [-0.1, -0.05) is 17.7 Å². The van der Waals surface area contributed by atoms with Gasteiger partial charge in [-0.2, -0.15) is 0 Å². The van der Waals surface area contributed by atoms with Gasteiger partial charge in [0.15, 0.2) is 0 Å². The lowest BCUT2D eigenvalue weighted by atomic mass is 9.95. The van der Waals surface area contributed by atoms with Crippen LogP contribution in [0.1, 0.15) is 41.4 Å². The Morgan fingerprint density at radius 1 is 1.00 bits per heavy atom. The van der Waals surface area contributed by atoms with Gasteiger partial charge in [-0.25, -0.2) is 0 Å². The minimum atomic E-state index is -0.0651. The van der Waals surface area contributed by atoms with Crippen LogP contribution in [0.15, 0.2) is 48.5 Å². The van der Waals surface area contributed by atoms with Crippen LogP contribution in [0.4, 0.5) is 5.69 Å². The normalized spacial score (nSPS) is 14.8. The van der Waals surface area contributed by atoms with E-state index in [2.05, 4.69) is 35.9 Å². The summed E-state index contributed by atoms with van der Waals surface area (Å²) in [5.74, 6) is 0.0308. The molecule has 1 saturated heterocycles. The highest BCUT2D eigenvalue weighted by molar-refractivity contribution is 5.96. The minimum absolute atomic E-state index is 0.0448. The van der Waals surface area contributed by atoms with E-state index in [-0.39, 0.29) is 17.7 Å². The minimum Gasteiger partial charge on any atom is -0.345 e. The molecule has 1 aromatic heterocycles. The second kappa shape index (κ2) is 8.34. The highest BCUT2D eigenvalue weighted by Gasteiger charge is 2.28. The van der Waals surface area contributed by atoms with Crippen LogP contribution in [0.3, 0.4) is 0 Å². The SMILES string of the molecule is CCn1c(C)cc2cc(NC(=O)C3CCN(C(=O)c4ccc(C)cc4)CC3)ccc21. The standard InChI is InChI=1S/C25H29N3O2/c1-4-28-18(3)15-21-16-22(9-10-23(21)28)26-24(29)19-11-13-27(14-12-19)25(30)20-7-5-17(2)6-8-20/h5-10,15-16,19H,4,11-14H2,1-3H3,(H,26,29). The summed E-state index contributed by atoms with van der Waals surface area (Å²) < 4.78 is 2.27. The molecule has 0 spiro atoms. The van der Waals surface area contributed by atoms with Gasteiger partial charge < -0.3 is 14.8 Å². The molecule has 1 fully saturated rings. The molecule has 156 valence electrons. The van der Waals surface area contributed by atoms with Crippen LogP contribution >= 0.6 is 0 Å². The molecule has 2 aromatic carbocycles. The first kappa shape index (κ1) is 20.2. The van der Waals surface area contributed by atoms with Gasteiger partial charge in [-0.15, -0.1) is 0 Å². The number of rotatable bonds is 4. The van der Waals surface area contributed by atoms with Crippen molar-refractivity contribution in [3.8, 4) is 0 Å². The van der Waals surface area contributed by atoms with Gasteiger partial charge in [0.05, 0.1) is 0 Å². The molecule has 30 heavy (non-hydrogen) atoms. The van der Waals surface area contributed by atoms with Crippen LogP contribution in [0.2, 0.25) is 0 Å². The van der Waals surface area contributed by atoms with Crippen LogP contribution in [0.5, 0.6) is 0 Å². The van der Waals surface area contributed by atoms with Crippen molar-refractivity contribution >= 4 is 28.4 Å². The van der Waals surface area contributed by atoms with Crippen LogP contribution in [0, 0.1) is 19.8 Å². The van der Waals surface area contributed by atoms with E-state index < -0.39 is 0 Å². The number of aryl methyl sites for hydroxylation is 3. The number of hydrogen-bond donors (Lipinski definition) is 1. The van der Waals surface area contributed by atoms with Gasteiger partial charge in [0.25, 0.3) is 5.91 Å². The maximum Gasteiger partial charge on any atom is 0.253 e. The fourth-order valence-corrected chi connectivity index (χ4v) is 4.37. The fraction of sp³-hybridized carbons (Fsp3) is 0.360. The van der Waals surface area contributed by atoms with Crippen LogP contribution in [-0.2, 0) is 11.3 Å². The van der Waals surface area contributed by atoms with Crippen LogP contribution < -0.4 is 5.32 Å². The number of nitrogens with one attached hydrogen (secondary N) is 1. The van der Waals surface area contributed by atoms with Gasteiger partial charge in [-0.05, 0) is 70.0 Å². The third-order valence-electron chi connectivity index (χ3n) is 6.14. The number of carbonyl (C=O) groups is 2. The molecule has 0 aliphatic carbocycles. The van der Waals surface area contributed by atoms with Gasteiger partial charge in [0.1, 0.15) is 0 Å². The molecule has 0 atom stereocenters. The van der Waals surface area contributed by atoms with Crippen molar-refractivity contribution < 1.29 is 9.59 Å². The predicted octanol–water partition coefficient (Wildman–Crippen LogP) is 4.77. The Hall–Kier alpha value is -3.08. The second-order valence-corrected chi connectivity index (χ2v) is 8.23. The first-order chi connectivity index (χ1) is 14.5. The quantitative estimate of drug-likeness (QED) is 0.682. The lowest BCUT2D eigenvalue weighted by Gasteiger charge is -2.31. The average Bonchev–Trinajstić information content (AvgIpc) is 3.08. The third kappa shape index (κ3) is 3.97. The number of hydrogen-bond acceptors (Lipinski definition) is 2. The van der Waals surface area contributed by atoms with Crippen molar-refractivity contribution in [1.29, 1.82) is 0 Å². The van der Waals surface area contributed by atoms with E-state index in [1.54, 1.807) is 0 Å². The zero-order valence-corrected chi connectivity index (χ0v) is 17.9. The number of aromatic nitrogens is 1. The number of anilines is 1. The molecular formula is C25H29N3O2. The third-order valence-corrected chi connectivity index (χ3v) is 6.14. The Balaban J connectivity index is 1.37. The lowest BCUT2D eigenvalue weighted by molar-refractivity contribution is -0.121. The summed E-state index contributed by atoms with van der Waals surface area (Å²) in [4.78, 5) is 27.3. The number of benzene rings is 2. The smallest absolute Gasteiger partial charge is 0.253 e. The van der Waals surface area contributed by atoms with E-state index in [0.717, 1.165) is 23.2 Å². The summed E-state index contributed by atoms with van der Waals surface area (Å²) in [6.45, 7) is 8.41. The van der Waals surface area contributed by atoms with Gasteiger partial charge in [0, 0.05) is 53.4 Å². The molecular weight excluding hydrogens is 374 g/mol. The Morgan fingerprint density at radius 2 is 1.70 bits per heavy atom. The summed E-state index contributed by atoms with van der Waals surface area (Å²) in [5, 5.41) is 4.22. The van der Waals surface area contributed by atoms with E-state index >= 15 is 0 Å². The Kier molecular flexibility index (Phi) is 5.62. The molecule has 3 aromatic rings. The van der Waals surface area contributed by atoms with E-state index in [1.165, 1.54) is 11.2 Å². The van der Waals surface area contributed by atoms with Crippen molar-refractivity contribution in [2.24, 2.45) is 5.92 Å². The molecule has 2 heterocycles. The summed E-state index contributed by atoms with van der Waals surface area (Å²) >= 11 is 0. The molecule has 5 heteroatoms. The highest BCUT2D eigenvalue weighted by atomic mass is 16.2. The molecule has 0 bridgehead atoms. The number of piperidine rings is 1. The number of nitrogens with zero attached hydrogens (tertiary/aromatic N) is 2. The van der Waals surface area contributed by atoms with Gasteiger partial charge >= 0.3 is 0 Å². The first-order valence-electron chi connectivity index (χ1n) is 10.7. The molecule has 1 N–H and O–H groups in total. The molecule has 0 radical (unpaired) electrons. The predicted molar refractivity (Wildman–Crippen MR) is 121 cm³/mol. The van der Waals surface area contributed by atoms with Crippen molar-refractivity contribution in [2.75, 3.05) is 18.4 Å². The van der Waals surface area contributed by atoms with Crippen molar-refractivity contribution in [3.05, 3.63) is 65.4 Å². The zero-order valence-electron chi connectivity index (χ0n) is 17.9. The maximum atomic E-state index is 12.8. The van der Waals surface area contributed by atoms with Crippen molar-refractivity contribution in [3.63, 3.8) is 0 Å². The summed E-state index contributed by atoms with van der Waals surface area (Å²) in [6, 6.07) is 15.9. The number of likely N-dealkylation sites (tertiary alicyclic amines) is 1. The number of amides is 2. The second-order valence-electron chi connectivity index (χ2n) is 8.23. The van der Waals surface area contributed by atoms with Crippen molar-refractivity contribution in [1.82, 2.24) is 9.47 Å². The van der Waals surface area contributed by atoms with Crippen LogP contribution in [-0.4, -0.2) is 34.4 Å². The first-order valence-corrected chi connectivity index (χ1v) is 10.7. The largest absolute Gasteiger partial charge is 0.345 e. The molecule has 5 nitrogen and oxygen atoms in total. The van der Waals surface area contributed by atoms with Gasteiger partial charge in [-0.3, -0.25) is 9.59 Å². The summed E-state index contributed by atoms with van der Waals surface area (Å²) in [7, 11) is 0. The molecule has 1 aliphatic rings. The average molecular weight is 404 g/mol. The summed E-state index contributed by atoms with van der Waals surface area (Å²) in [6.07, 6.45) is 1.38. The Morgan fingerprint density at radius 3 is 2.37 bits per heavy atom. The number of carbonyl (C=O) groups excluding carboxylic acids is 2. The monoisotopic (exact) mass is 403 g/mol. The summed E-state index contributed by atoms with van der Waals surface area (Å²) in [5.41, 5.74) is 5.10. The molecule has 4 rings (SSSR count). The Bertz CT molecular complexity index is 1070. The Labute approximate surface area is 177 Å². The van der Waals surface area contributed by atoms with E-state index in [4.69, 9.17) is 0 Å². The van der Waals surface area contributed by atoms with Crippen molar-refractivity contribution in [2.45, 2.75) is 40.2 Å². The molecule has 1 aliphatic heterocycles. The highest BCUT2D eigenvalue weighted by Crippen LogP contribution is 2.25. The van der Waals surface area contributed by atoms with E-state index in [9.17, 15) is 9.59 Å². The fourth-order valence-electron chi connectivity index (χ4n) is 4.37. The van der Waals surface area contributed by atoms with E-state index in [0.29, 0.717) is 31.5 Å². The van der Waals surface area contributed by atoms with Crippen LogP contribution in [0.25, 0.3) is 10.9 Å². The topological polar surface area (TPSA) is 54.3 Å². The molecule has 0 saturated carbocycles. The van der Waals surface area contributed by atoms with Gasteiger partial charge in [0.2, 0.25) is 5.91 Å². The van der Waals surface area contributed by atoms with E-state index in [1.807, 2.05) is 48.2 Å². The molecule has 2 amide bonds. The molecule has 0 unspecified atom stereocenters. The number of fused-ring (bicyclic) bond motifs is 1.